The second-order valence-corrected chi connectivity index (χ2v) is 9.42. The van der Waals surface area contributed by atoms with E-state index in [0.29, 0.717) is 31.9 Å². The number of nitrogens with zero attached hydrogens (tertiary/aromatic N) is 3. The number of amides is 1. The number of piperazine rings is 1. The number of hydrogen-bond donors (Lipinski definition) is 1. The summed E-state index contributed by atoms with van der Waals surface area (Å²) in [4.78, 5) is 18.8. The minimum absolute atomic E-state index is 0.362. The Hall–Kier alpha value is -2.97. The van der Waals surface area contributed by atoms with Crippen molar-refractivity contribution in [1.82, 2.24) is 9.29 Å². The minimum Gasteiger partial charge on any atom is -0.369 e. The normalized spacial score (nSPS) is 15.3. The number of carbonyl (C=O) groups excluding carboxylic acids is 1. The zero-order valence-corrected chi connectivity index (χ0v) is 17.6. The third-order valence-electron chi connectivity index (χ3n) is 5.19. The van der Waals surface area contributed by atoms with Crippen LogP contribution in [0.3, 0.4) is 0 Å². The van der Waals surface area contributed by atoms with Crippen molar-refractivity contribution in [2.45, 2.75) is 6.92 Å². The van der Waals surface area contributed by atoms with Gasteiger partial charge in [-0.1, -0.05) is 30.3 Å². The van der Waals surface area contributed by atoms with Crippen LogP contribution in [-0.4, -0.2) is 55.5 Å². The van der Waals surface area contributed by atoms with Crippen LogP contribution in [0.25, 0.3) is 10.9 Å². The van der Waals surface area contributed by atoms with Crippen molar-refractivity contribution in [3.05, 3.63) is 66.4 Å². The molecule has 3 aromatic rings. The fourth-order valence-electron chi connectivity index (χ4n) is 3.64. The lowest BCUT2D eigenvalue weighted by molar-refractivity contribution is -0.113. The molecule has 1 saturated heterocycles. The Labute approximate surface area is 176 Å². The van der Waals surface area contributed by atoms with E-state index in [1.54, 1.807) is 6.07 Å². The maximum Gasteiger partial charge on any atom is 0.241 e. The molecule has 1 aliphatic heterocycles. The predicted octanol–water partition coefficient (Wildman–Crippen LogP) is 2.63. The summed E-state index contributed by atoms with van der Waals surface area (Å²) in [6.07, 6.45) is 1.54. The number of aryl methyl sites for hydroxylation is 1. The van der Waals surface area contributed by atoms with Gasteiger partial charge in [0.05, 0.1) is 17.4 Å². The minimum atomic E-state index is -3.68. The van der Waals surface area contributed by atoms with E-state index in [0.717, 1.165) is 16.6 Å². The van der Waals surface area contributed by atoms with E-state index < -0.39 is 21.7 Å². The van der Waals surface area contributed by atoms with Crippen LogP contribution >= 0.6 is 0 Å². The lowest BCUT2D eigenvalue weighted by atomic mass is 10.2. The van der Waals surface area contributed by atoms with E-state index >= 15 is 0 Å². The molecular weight excluding hydrogens is 400 g/mol. The summed E-state index contributed by atoms with van der Waals surface area (Å²) in [5.41, 5.74) is 3.56. The summed E-state index contributed by atoms with van der Waals surface area (Å²) >= 11 is 0. The van der Waals surface area contributed by atoms with E-state index in [2.05, 4.69) is 21.3 Å². The van der Waals surface area contributed by atoms with Crippen molar-refractivity contribution < 1.29 is 13.2 Å². The Bertz CT molecular complexity index is 1170. The molecule has 1 aliphatic rings. The lowest BCUT2D eigenvalue weighted by Crippen LogP contribution is -2.50. The second-order valence-electron chi connectivity index (χ2n) is 7.45. The van der Waals surface area contributed by atoms with Crippen molar-refractivity contribution in [3.8, 4) is 0 Å². The van der Waals surface area contributed by atoms with Crippen LogP contribution in [0.2, 0.25) is 0 Å². The zero-order chi connectivity index (χ0) is 21.1. The third kappa shape index (κ3) is 4.60. The van der Waals surface area contributed by atoms with Crippen LogP contribution in [0.5, 0.6) is 0 Å². The maximum atomic E-state index is 12.7. The number of aromatic nitrogens is 1. The first-order chi connectivity index (χ1) is 14.4. The molecule has 30 heavy (non-hydrogen) atoms. The number of fused-ring (bicyclic) bond motifs is 1. The van der Waals surface area contributed by atoms with Crippen molar-refractivity contribution in [2.75, 3.05) is 42.1 Å². The molecule has 1 amide bonds. The Morgan fingerprint density at radius 3 is 2.57 bits per heavy atom. The van der Waals surface area contributed by atoms with Crippen LogP contribution in [0.4, 0.5) is 11.4 Å². The molecule has 156 valence electrons. The molecule has 2 heterocycles. The molecule has 0 saturated carbocycles. The van der Waals surface area contributed by atoms with Gasteiger partial charge in [-0.25, -0.2) is 8.42 Å². The monoisotopic (exact) mass is 424 g/mol. The highest BCUT2D eigenvalue weighted by Crippen LogP contribution is 2.20. The van der Waals surface area contributed by atoms with Crippen LogP contribution in [0.1, 0.15) is 5.56 Å². The van der Waals surface area contributed by atoms with Crippen molar-refractivity contribution >= 4 is 38.2 Å². The molecule has 8 heteroatoms. The largest absolute Gasteiger partial charge is 0.369 e. The Morgan fingerprint density at radius 1 is 1.03 bits per heavy atom. The average molecular weight is 425 g/mol. The molecule has 0 aliphatic carbocycles. The van der Waals surface area contributed by atoms with E-state index in [4.69, 9.17) is 0 Å². The standard InChI is InChI=1S/C22H24N4O3S/c1-17-5-4-7-20(13-17)25-9-11-26(12-10-25)30(28,29)16-22(27)24-19-14-18-6-2-3-8-21(18)23-15-19/h2-8,13-15H,9-12,16H2,1H3,(H,24,27). The summed E-state index contributed by atoms with van der Waals surface area (Å²) in [7, 11) is -3.68. The molecule has 0 unspecified atom stereocenters. The highest BCUT2D eigenvalue weighted by molar-refractivity contribution is 7.89. The number of rotatable bonds is 5. The van der Waals surface area contributed by atoms with Gasteiger partial charge in [0, 0.05) is 37.3 Å². The summed E-state index contributed by atoms with van der Waals surface area (Å²) in [5.74, 6) is -1.14. The van der Waals surface area contributed by atoms with Gasteiger partial charge in [0.25, 0.3) is 0 Å². The number of para-hydroxylation sites is 1. The van der Waals surface area contributed by atoms with Gasteiger partial charge in [-0.2, -0.15) is 4.31 Å². The number of carbonyl (C=O) groups is 1. The first kappa shape index (κ1) is 20.3. The third-order valence-corrected chi connectivity index (χ3v) is 6.97. The van der Waals surface area contributed by atoms with Crippen LogP contribution in [0, 0.1) is 6.92 Å². The summed E-state index contributed by atoms with van der Waals surface area (Å²) in [5, 5.41) is 3.53. The molecular formula is C22H24N4O3S. The van der Waals surface area contributed by atoms with Gasteiger partial charge >= 0.3 is 0 Å². The second kappa shape index (κ2) is 8.41. The molecule has 7 nitrogen and oxygen atoms in total. The number of hydrogen-bond acceptors (Lipinski definition) is 5. The molecule has 2 aromatic carbocycles. The maximum absolute atomic E-state index is 12.7. The quantitative estimate of drug-likeness (QED) is 0.681. The SMILES string of the molecule is Cc1cccc(N2CCN(S(=O)(=O)CC(=O)Nc3cnc4ccccc4c3)CC2)c1. The molecule has 1 aromatic heterocycles. The molecule has 0 spiro atoms. The fraction of sp³-hybridized carbons (Fsp3) is 0.273. The fourth-order valence-corrected chi connectivity index (χ4v) is 4.95. The van der Waals surface area contributed by atoms with Crippen molar-refractivity contribution in [2.24, 2.45) is 0 Å². The van der Waals surface area contributed by atoms with Crippen molar-refractivity contribution in [3.63, 3.8) is 0 Å². The van der Waals surface area contributed by atoms with E-state index in [-0.39, 0.29) is 0 Å². The molecule has 0 radical (unpaired) electrons. The smallest absolute Gasteiger partial charge is 0.241 e. The molecule has 0 atom stereocenters. The topological polar surface area (TPSA) is 82.6 Å². The van der Waals surface area contributed by atoms with Crippen LogP contribution in [-0.2, 0) is 14.8 Å². The van der Waals surface area contributed by atoms with Gasteiger partial charge in [0.1, 0.15) is 5.75 Å². The zero-order valence-electron chi connectivity index (χ0n) is 16.8. The number of pyridine rings is 1. The summed E-state index contributed by atoms with van der Waals surface area (Å²) in [6, 6.07) is 17.5. The number of nitrogens with one attached hydrogen (secondary N) is 1. The number of sulfonamides is 1. The molecule has 0 bridgehead atoms. The Kier molecular flexibility index (Phi) is 5.69. The number of benzene rings is 2. The average Bonchev–Trinajstić information content (AvgIpc) is 2.73. The van der Waals surface area contributed by atoms with Crippen LogP contribution < -0.4 is 10.2 Å². The van der Waals surface area contributed by atoms with Gasteiger partial charge in [-0.15, -0.1) is 0 Å². The van der Waals surface area contributed by atoms with E-state index in [9.17, 15) is 13.2 Å². The van der Waals surface area contributed by atoms with Gasteiger partial charge < -0.3 is 10.2 Å². The lowest BCUT2D eigenvalue weighted by Gasteiger charge is -2.35. The summed E-state index contributed by atoms with van der Waals surface area (Å²) < 4.78 is 26.9. The Morgan fingerprint density at radius 2 is 1.80 bits per heavy atom. The highest BCUT2D eigenvalue weighted by Gasteiger charge is 2.29. The molecule has 1 N–H and O–H groups in total. The molecule has 4 rings (SSSR count). The van der Waals surface area contributed by atoms with Gasteiger partial charge in [-0.3, -0.25) is 9.78 Å². The van der Waals surface area contributed by atoms with Gasteiger partial charge in [0.15, 0.2) is 0 Å². The Balaban J connectivity index is 1.36. The first-order valence-corrected chi connectivity index (χ1v) is 11.5. The molecule has 1 fully saturated rings. The number of anilines is 2. The van der Waals surface area contributed by atoms with Crippen LogP contribution in [0.15, 0.2) is 60.8 Å². The van der Waals surface area contributed by atoms with Gasteiger partial charge in [0.2, 0.25) is 15.9 Å². The predicted molar refractivity (Wildman–Crippen MR) is 119 cm³/mol. The first-order valence-electron chi connectivity index (χ1n) is 9.85. The van der Waals surface area contributed by atoms with Crippen molar-refractivity contribution in [1.29, 1.82) is 0 Å². The van der Waals surface area contributed by atoms with E-state index in [1.807, 2.05) is 49.4 Å². The summed E-state index contributed by atoms with van der Waals surface area (Å²) in [6.45, 7) is 3.95. The van der Waals surface area contributed by atoms with E-state index in [1.165, 1.54) is 16.1 Å². The highest BCUT2D eigenvalue weighted by atomic mass is 32.2. The van der Waals surface area contributed by atoms with Gasteiger partial charge in [-0.05, 0) is 36.8 Å².